The zero-order valence-electron chi connectivity index (χ0n) is 12.5. The molecule has 2 nitrogen and oxygen atoms in total. The van der Waals surface area contributed by atoms with Crippen molar-refractivity contribution < 1.29 is 5.11 Å². The summed E-state index contributed by atoms with van der Waals surface area (Å²) in [5.41, 5.74) is 3.52. The molecule has 1 saturated heterocycles. The number of hydrogen-bond donors (Lipinski definition) is 1. The zero-order chi connectivity index (χ0) is 13.8. The lowest BCUT2D eigenvalue weighted by atomic mass is 9.93. The van der Waals surface area contributed by atoms with Crippen LogP contribution >= 0.6 is 0 Å². The van der Waals surface area contributed by atoms with Gasteiger partial charge in [0.05, 0.1) is 6.10 Å². The molecule has 1 fully saturated rings. The lowest BCUT2D eigenvalue weighted by Crippen LogP contribution is -2.36. The molecule has 19 heavy (non-hydrogen) atoms. The summed E-state index contributed by atoms with van der Waals surface area (Å²) in [6.07, 6.45) is 3.53. The van der Waals surface area contributed by atoms with Gasteiger partial charge in [-0.05, 0) is 56.8 Å². The molecule has 1 aromatic carbocycles. The van der Waals surface area contributed by atoms with E-state index < -0.39 is 0 Å². The molecule has 1 heterocycles. The van der Waals surface area contributed by atoms with Crippen LogP contribution < -0.4 is 0 Å². The van der Waals surface area contributed by atoms with Gasteiger partial charge >= 0.3 is 0 Å². The molecule has 0 radical (unpaired) electrons. The van der Waals surface area contributed by atoms with Crippen molar-refractivity contribution in [2.24, 2.45) is 5.92 Å². The number of hydrogen-bond acceptors (Lipinski definition) is 2. The number of aryl methyl sites for hydroxylation is 2. The van der Waals surface area contributed by atoms with E-state index in [-0.39, 0.29) is 6.10 Å². The topological polar surface area (TPSA) is 23.5 Å². The first kappa shape index (κ1) is 14.5. The van der Waals surface area contributed by atoms with Crippen LogP contribution in [0.4, 0.5) is 0 Å². The van der Waals surface area contributed by atoms with E-state index in [0.717, 1.165) is 31.1 Å². The van der Waals surface area contributed by atoms with Gasteiger partial charge in [0.2, 0.25) is 0 Å². The molecular weight excluding hydrogens is 234 g/mol. The minimum Gasteiger partial charge on any atom is -0.387 e. The number of rotatable bonds is 4. The zero-order valence-corrected chi connectivity index (χ0v) is 12.5. The van der Waals surface area contributed by atoms with E-state index in [0.29, 0.717) is 0 Å². The second-order valence-electron chi connectivity index (χ2n) is 6.03. The second-order valence-corrected chi connectivity index (χ2v) is 6.03. The largest absolute Gasteiger partial charge is 0.387 e. The highest BCUT2D eigenvalue weighted by atomic mass is 16.3. The molecule has 1 unspecified atom stereocenters. The molecular formula is C17H27NO. The highest BCUT2D eigenvalue weighted by molar-refractivity contribution is 5.32. The third-order valence-electron chi connectivity index (χ3n) is 4.51. The molecule has 0 spiro atoms. The summed E-state index contributed by atoms with van der Waals surface area (Å²) in [4.78, 5) is 2.42. The van der Waals surface area contributed by atoms with E-state index in [1.54, 1.807) is 0 Å². The fourth-order valence-electron chi connectivity index (χ4n) is 3.04. The Labute approximate surface area is 117 Å². The number of benzene rings is 1. The molecule has 1 N–H and O–H groups in total. The van der Waals surface area contributed by atoms with Crippen molar-refractivity contribution >= 4 is 0 Å². The Morgan fingerprint density at radius 3 is 2.58 bits per heavy atom. The molecule has 2 heteroatoms. The summed E-state index contributed by atoms with van der Waals surface area (Å²) in [6.45, 7) is 9.51. The number of likely N-dealkylation sites (tertiary alicyclic amines) is 1. The third kappa shape index (κ3) is 3.80. The Morgan fingerprint density at radius 1 is 1.26 bits per heavy atom. The van der Waals surface area contributed by atoms with Gasteiger partial charge in [0.15, 0.2) is 0 Å². The van der Waals surface area contributed by atoms with Crippen LogP contribution in [0, 0.1) is 19.8 Å². The van der Waals surface area contributed by atoms with Gasteiger partial charge in [0, 0.05) is 6.54 Å². The SMILES string of the molecule is CCC1CCN(CC(O)c2cc(C)ccc2C)CC1. The summed E-state index contributed by atoms with van der Waals surface area (Å²) < 4.78 is 0. The van der Waals surface area contributed by atoms with Crippen LogP contribution in [0.2, 0.25) is 0 Å². The summed E-state index contributed by atoms with van der Waals surface area (Å²) in [7, 11) is 0. The monoisotopic (exact) mass is 261 g/mol. The number of aliphatic hydroxyl groups excluding tert-OH is 1. The molecule has 0 saturated carbocycles. The van der Waals surface area contributed by atoms with Crippen molar-refractivity contribution in [2.75, 3.05) is 19.6 Å². The number of nitrogens with zero attached hydrogens (tertiary/aromatic N) is 1. The van der Waals surface area contributed by atoms with E-state index in [9.17, 15) is 5.11 Å². The van der Waals surface area contributed by atoms with Gasteiger partial charge in [-0.2, -0.15) is 0 Å². The Morgan fingerprint density at radius 2 is 1.95 bits per heavy atom. The number of aliphatic hydroxyl groups is 1. The first-order chi connectivity index (χ1) is 9.10. The first-order valence-corrected chi connectivity index (χ1v) is 7.57. The predicted molar refractivity (Wildman–Crippen MR) is 80.3 cm³/mol. The highest BCUT2D eigenvalue weighted by Crippen LogP contribution is 2.24. The van der Waals surface area contributed by atoms with Gasteiger partial charge in [-0.15, -0.1) is 0 Å². The molecule has 0 aromatic heterocycles. The maximum absolute atomic E-state index is 10.5. The smallest absolute Gasteiger partial charge is 0.0919 e. The van der Waals surface area contributed by atoms with Gasteiger partial charge in [-0.3, -0.25) is 0 Å². The molecule has 1 aliphatic rings. The normalized spacial score (nSPS) is 19.6. The summed E-state index contributed by atoms with van der Waals surface area (Å²) in [5, 5.41) is 10.5. The van der Waals surface area contributed by atoms with Gasteiger partial charge in [-0.25, -0.2) is 0 Å². The van der Waals surface area contributed by atoms with Crippen molar-refractivity contribution in [3.63, 3.8) is 0 Å². The molecule has 1 aliphatic heterocycles. The fourth-order valence-corrected chi connectivity index (χ4v) is 3.04. The van der Waals surface area contributed by atoms with Crippen LogP contribution in [0.1, 0.15) is 49.0 Å². The fraction of sp³-hybridized carbons (Fsp3) is 0.647. The minimum atomic E-state index is -0.349. The lowest BCUT2D eigenvalue weighted by molar-refractivity contribution is 0.0883. The van der Waals surface area contributed by atoms with E-state index in [2.05, 4.69) is 43.9 Å². The van der Waals surface area contributed by atoms with Crippen molar-refractivity contribution in [3.05, 3.63) is 34.9 Å². The van der Waals surface area contributed by atoms with Gasteiger partial charge in [0.25, 0.3) is 0 Å². The molecule has 1 aromatic rings. The summed E-state index contributed by atoms with van der Waals surface area (Å²) in [6, 6.07) is 6.34. The van der Waals surface area contributed by atoms with Crippen molar-refractivity contribution in [1.29, 1.82) is 0 Å². The maximum atomic E-state index is 10.5. The average molecular weight is 261 g/mol. The van der Waals surface area contributed by atoms with Crippen molar-refractivity contribution in [2.45, 2.75) is 46.1 Å². The van der Waals surface area contributed by atoms with Crippen molar-refractivity contribution in [1.82, 2.24) is 4.90 Å². The maximum Gasteiger partial charge on any atom is 0.0919 e. The standard InChI is InChI=1S/C17H27NO/c1-4-15-7-9-18(10-8-15)12-17(19)16-11-13(2)5-6-14(16)3/h5-6,11,15,17,19H,4,7-10,12H2,1-3H3. The number of piperidine rings is 1. The van der Waals surface area contributed by atoms with Gasteiger partial charge in [-0.1, -0.05) is 37.1 Å². The molecule has 2 rings (SSSR count). The summed E-state index contributed by atoms with van der Waals surface area (Å²) >= 11 is 0. The molecule has 1 atom stereocenters. The van der Waals surface area contributed by atoms with Crippen LogP contribution in [0.15, 0.2) is 18.2 Å². The Bertz CT molecular complexity index is 408. The first-order valence-electron chi connectivity index (χ1n) is 7.57. The van der Waals surface area contributed by atoms with Crippen molar-refractivity contribution in [3.8, 4) is 0 Å². The van der Waals surface area contributed by atoms with E-state index in [1.807, 2.05) is 0 Å². The van der Waals surface area contributed by atoms with Gasteiger partial charge < -0.3 is 10.0 Å². The molecule has 0 aliphatic carbocycles. The predicted octanol–water partition coefficient (Wildman–Crippen LogP) is 3.46. The molecule has 106 valence electrons. The van der Waals surface area contributed by atoms with Crippen LogP contribution in [-0.4, -0.2) is 29.6 Å². The molecule has 0 amide bonds. The Kier molecular flexibility index (Phi) is 5.00. The minimum absolute atomic E-state index is 0.349. The van der Waals surface area contributed by atoms with Crippen LogP contribution in [0.5, 0.6) is 0 Å². The average Bonchev–Trinajstić information content (AvgIpc) is 2.42. The van der Waals surface area contributed by atoms with E-state index in [1.165, 1.54) is 30.4 Å². The Balaban J connectivity index is 1.94. The van der Waals surface area contributed by atoms with Gasteiger partial charge in [0.1, 0.15) is 0 Å². The highest BCUT2D eigenvalue weighted by Gasteiger charge is 2.21. The summed E-state index contributed by atoms with van der Waals surface area (Å²) in [5.74, 6) is 0.897. The number of β-amino-alcohol motifs (C(OH)–C–C–N with tert-alkyl or cyclic N) is 1. The van der Waals surface area contributed by atoms with E-state index >= 15 is 0 Å². The van der Waals surface area contributed by atoms with Crippen LogP contribution in [-0.2, 0) is 0 Å². The second kappa shape index (κ2) is 6.53. The van der Waals surface area contributed by atoms with Crippen LogP contribution in [0.25, 0.3) is 0 Å². The lowest BCUT2D eigenvalue weighted by Gasteiger charge is -2.33. The third-order valence-corrected chi connectivity index (χ3v) is 4.51. The van der Waals surface area contributed by atoms with Crippen LogP contribution in [0.3, 0.4) is 0 Å². The molecule has 0 bridgehead atoms. The Hall–Kier alpha value is -0.860. The quantitative estimate of drug-likeness (QED) is 0.897. The van der Waals surface area contributed by atoms with E-state index in [4.69, 9.17) is 0 Å².